The highest BCUT2D eigenvalue weighted by Gasteiger charge is 2.33. The highest BCUT2D eigenvalue weighted by molar-refractivity contribution is 5.17. The van der Waals surface area contributed by atoms with E-state index in [0.29, 0.717) is 11.4 Å². The van der Waals surface area contributed by atoms with Crippen LogP contribution in [0.5, 0.6) is 0 Å². The van der Waals surface area contributed by atoms with Gasteiger partial charge in [-0.2, -0.15) is 13.2 Å². The van der Waals surface area contributed by atoms with Crippen molar-refractivity contribution in [2.24, 2.45) is 0 Å². The van der Waals surface area contributed by atoms with Crippen molar-refractivity contribution in [3.63, 3.8) is 0 Å². The number of rotatable bonds is 1. The maximum atomic E-state index is 12.3. The van der Waals surface area contributed by atoms with Crippen molar-refractivity contribution in [3.05, 3.63) is 23.3 Å². The monoisotopic (exact) mass is 204 g/mol. The van der Waals surface area contributed by atoms with Gasteiger partial charge in [0, 0.05) is 0 Å². The lowest BCUT2D eigenvalue weighted by atomic mass is 10.1. The molecule has 0 aliphatic rings. The van der Waals surface area contributed by atoms with E-state index in [1.807, 2.05) is 0 Å². The van der Waals surface area contributed by atoms with E-state index in [4.69, 9.17) is 0 Å². The van der Waals surface area contributed by atoms with Crippen LogP contribution in [-0.2, 0) is 6.18 Å². The molecule has 0 saturated carbocycles. The molecule has 78 valence electrons. The second-order valence-electron chi connectivity index (χ2n) is 3.38. The van der Waals surface area contributed by atoms with Gasteiger partial charge in [0.05, 0.1) is 17.6 Å². The molecule has 1 rings (SSSR count). The van der Waals surface area contributed by atoms with Crippen LogP contribution in [0.4, 0.5) is 13.2 Å². The first-order valence-corrected chi connectivity index (χ1v) is 4.23. The van der Waals surface area contributed by atoms with Gasteiger partial charge in [-0.3, -0.25) is 4.98 Å². The summed E-state index contributed by atoms with van der Waals surface area (Å²) in [7, 11) is 0. The fraction of sp³-hybridized carbons (Fsp3) is 0.556. The highest BCUT2D eigenvalue weighted by Crippen LogP contribution is 2.28. The Balaban J connectivity index is 3.20. The number of hydrogen-bond donors (Lipinski definition) is 0. The summed E-state index contributed by atoms with van der Waals surface area (Å²) in [4.78, 5) is 7.24. The predicted octanol–water partition coefficient (Wildman–Crippen LogP) is 2.93. The maximum absolute atomic E-state index is 12.3. The summed E-state index contributed by atoms with van der Waals surface area (Å²) in [6, 6.07) is 0. The van der Waals surface area contributed by atoms with Crippen LogP contribution < -0.4 is 0 Å². The van der Waals surface area contributed by atoms with Gasteiger partial charge < -0.3 is 0 Å². The van der Waals surface area contributed by atoms with E-state index in [1.165, 1.54) is 0 Å². The van der Waals surface area contributed by atoms with Crippen LogP contribution in [0.15, 0.2) is 6.20 Å². The number of alkyl halides is 3. The van der Waals surface area contributed by atoms with Crippen molar-refractivity contribution in [1.82, 2.24) is 9.97 Å². The largest absolute Gasteiger partial charge is 0.434 e. The van der Waals surface area contributed by atoms with Gasteiger partial charge in [0.1, 0.15) is 0 Å². The summed E-state index contributed by atoms with van der Waals surface area (Å²) >= 11 is 0. The molecule has 0 atom stereocenters. The van der Waals surface area contributed by atoms with Gasteiger partial charge in [0.2, 0.25) is 0 Å². The third-order valence-corrected chi connectivity index (χ3v) is 1.83. The first kappa shape index (κ1) is 10.9. The molecule has 0 bridgehead atoms. The van der Waals surface area contributed by atoms with Crippen molar-refractivity contribution >= 4 is 0 Å². The van der Waals surface area contributed by atoms with Crippen molar-refractivity contribution in [2.45, 2.75) is 32.9 Å². The molecule has 0 aliphatic heterocycles. The number of aryl methyl sites for hydroxylation is 1. The average Bonchev–Trinajstić information content (AvgIpc) is 2.02. The lowest BCUT2D eigenvalue weighted by Crippen LogP contribution is -2.12. The minimum absolute atomic E-state index is 0.0511. The molecule has 0 saturated heterocycles. The van der Waals surface area contributed by atoms with Gasteiger partial charge in [-0.05, 0) is 12.8 Å². The van der Waals surface area contributed by atoms with Gasteiger partial charge in [-0.1, -0.05) is 13.8 Å². The molecule has 0 N–H and O–H groups in total. The predicted molar refractivity (Wildman–Crippen MR) is 45.9 cm³/mol. The van der Waals surface area contributed by atoms with Gasteiger partial charge in [0.15, 0.2) is 5.69 Å². The summed E-state index contributed by atoms with van der Waals surface area (Å²) in [5.74, 6) is -0.0511. The summed E-state index contributed by atoms with van der Waals surface area (Å²) < 4.78 is 36.8. The Bertz CT molecular complexity index is 331. The van der Waals surface area contributed by atoms with Gasteiger partial charge >= 0.3 is 6.18 Å². The van der Waals surface area contributed by atoms with E-state index in [-0.39, 0.29) is 5.92 Å². The standard InChI is InChI=1S/C9H11F3N2/c1-5(2)8-6(3)13-4-7(14-8)9(10,11)12/h4-5H,1-3H3. The van der Waals surface area contributed by atoms with Crippen LogP contribution in [0, 0.1) is 6.92 Å². The van der Waals surface area contributed by atoms with Gasteiger partial charge in [0.25, 0.3) is 0 Å². The van der Waals surface area contributed by atoms with E-state index in [1.54, 1.807) is 20.8 Å². The van der Waals surface area contributed by atoms with Crippen molar-refractivity contribution < 1.29 is 13.2 Å². The molecular weight excluding hydrogens is 193 g/mol. The zero-order valence-electron chi connectivity index (χ0n) is 8.18. The number of aromatic nitrogens is 2. The Hall–Kier alpha value is -1.13. The molecule has 0 spiro atoms. The molecule has 0 unspecified atom stereocenters. The second kappa shape index (κ2) is 3.55. The summed E-state index contributed by atoms with van der Waals surface area (Å²) in [6.07, 6.45) is -3.65. The lowest BCUT2D eigenvalue weighted by Gasteiger charge is -2.11. The van der Waals surface area contributed by atoms with E-state index in [0.717, 1.165) is 6.20 Å². The average molecular weight is 204 g/mol. The third-order valence-electron chi connectivity index (χ3n) is 1.83. The first-order valence-electron chi connectivity index (χ1n) is 4.23. The second-order valence-corrected chi connectivity index (χ2v) is 3.38. The summed E-state index contributed by atoms with van der Waals surface area (Å²) in [5.41, 5.74) is 0.0274. The molecule has 0 amide bonds. The molecule has 1 aromatic heterocycles. The zero-order chi connectivity index (χ0) is 10.9. The van der Waals surface area contributed by atoms with E-state index in [9.17, 15) is 13.2 Å². The Morgan fingerprint density at radius 3 is 2.29 bits per heavy atom. The van der Waals surface area contributed by atoms with Crippen LogP contribution in [0.2, 0.25) is 0 Å². The smallest absolute Gasteiger partial charge is 0.257 e. The lowest BCUT2D eigenvalue weighted by molar-refractivity contribution is -0.141. The Morgan fingerprint density at radius 2 is 1.86 bits per heavy atom. The fourth-order valence-corrected chi connectivity index (χ4v) is 1.15. The fourth-order valence-electron chi connectivity index (χ4n) is 1.15. The third kappa shape index (κ3) is 2.21. The molecule has 14 heavy (non-hydrogen) atoms. The minimum Gasteiger partial charge on any atom is -0.257 e. The molecule has 0 radical (unpaired) electrons. The van der Waals surface area contributed by atoms with Crippen molar-refractivity contribution in [2.75, 3.05) is 0 Å². The molecule has 0 aromatic carbocycles. The molecule has 1 heterocycles. The number of halogens is 3. The van der Waals surface area contributed by atoms with E-state index < -0.39 is 11.9 Å². The Kier molecular flexibility index (Phi) is 2.78. The van der Waals surface area contributed by atoms with Crippen LogP contribution in [-0.4, -0.2) is 9.97 Å². The Morgan fingerprint density at radius 1 is 1.29 bits per heavy atom. The normalized spacial score (nSPS) is 12.2. The van der Waals surface area contributed by atoms with Gasteiger partial charge in [-0.15, -0.1) is 0 Å². The quantitative estimate of drug-likeness (QED) is 0.702. The minimum atomic E-state index is -4.41. The van der Waals surface area contributed by atoms with Gasteiger partial charge in [-0.25, -0.2) is 4.98 Å². The molecule has 0 fully saturated rings. The molecule has 0 aliphatic carbocycles. The number of hydrogen-bond acceptors (Lipinski definition) is 2. The highest BCUT2D eigenvalue weighted by atomic mass is 19.4. The summed E-state index contributed by atoms with van der Waals surface area (Å²) in [6.45, 7) is 5.23. The topological polar surface area (TPSA) is 25.8 Å². The van der Waals surface area contributed by atoms with E-state index >= 15 is 0 Å². The molecule has 2 nitrogen and oxygen atoms in total. The summed E-state index contributed by atoms with van der Waals surface area (Å²) in [5, 5.41) is 0. The van der Waals surface area contributed by atoms with E-state index in [2.05, 4.69) is 9.97 Å². The number of nitrogens with zero attached hydrogens (tertiary/aromatic N) is 2. The SMILES string of the molecule is Cc1ncc(C(F)(F)F)nc1C(C)C. The zero-order valence-corrected chi connectivity index (χ0v) is 8.18. The Labute approximate surface area is 80.2 Å². The van der Waals surface area contributed by atoms with Crippen LogP contribution in [0.25, 0.3) is 0 Å². The van der Waals surface area contributed by atoms with Crippen LogP contribution in [0.3, 0.4) is 0 Å². The maximum Gasteiger partial charge on any atom is 0.434 e. The molecule has 5 heteroatoms. The van der Waals surface area contributed by atoms with Crippen LogP contribution >= 0.6 is 0 Å². The molecule has 1 aromatic rings. The molecular formula is C9H11F3N2. The van der Waals surface area contributed by atoms with Crippen molar-refractivity contribution in [1.29, 1.82) is 0 Å². The van der Waals surface area contributed by atoms with Crippen LogP contribution in [0.1, 0.15) is 36.8 Å². The first-order chi connectivity index (χ1) is 6.32. The van der Waals surface area contributed by atoms with Crippen molar-refractivity contribution in [3.8, 4) is 0 Å².